The molecule has 1 aliphatic heterocycles. The van der Waals surface area contributed by atoms with Gasteiger partial charge in [-0.2, -0.15) is 0 Å². The lowest BCUT2D eigenvalue weighted by molar-refractivity contribution is 0.183. The first-order chi connectivity index (χ1) is 10.4. The van der Waals surface area contributed by atoms with Gasteiger partial charge in [0.1, 0.15) is 0 Å². The number of nitrogens with one attached hydrogen (secondary N) is 1. The third kappa shape index (κ3) is 3.67. The lowest BCUT2D eigenvalue weighted by Gasteiger charge is -2.30. The fraction of sp³-hybridized carbons (Fsp3) is 0.684. The van der Waals surface area contributed by atoms with Crippen LogP contribution in [0.2, 0.25) is 0 Å². The van der Waals surface area contributed by atoms with Gasteiger partial charge in [-0.3, -0.25) is 4.90 Å². The van der Waals surface area contributed by atoms with E-state index >= 15 is 0 Å². The average Bonchev–Trinajstić information content (AvgIpc) is 3.17. The third-order valence-electron chi connectivity index (χ3n) is 5.49. The summed E-state index contributed by atoms with van der Waals surface area (Å²) in [6.07, 6.45) is 9.87. The molecule has 1 aliphatic carbocycles. The molecular weight excluding hydrogens is 256 g/mol. The zero-order chi connectivity index (χ0) is 14.5. The maximum absolute atomic E-state index is 3.28. The Kier molecular flexibility index (Phi) is 5.32. The minimum atomic E-state index is 0.866. The maximum atomic E-state index is 3.28. The van der Waals surface area contributed by atoms with Crippen LogP contribution in [0.4, 0.5) is 0 Å². The first kappa shape index (κ1) is 15.1. The Bertz CT molecular complexity index is 437. The van der Waals surface area contributed by atoms with Crippen molar-refractivity contribution in [2.75, 3.05) is 20.1 Å². The summed E-state index contributed by atoms with van der Waals surface area (Å²) in [6, 6.07) is 9.92. The van der Waals surface area contributed by atoms with Gasteiger partial charge in [0, 0.05) is 12.6 Å². The molecular formula is C19H30N2. The Morgan fingerprint density at radius 1 is 1.05 bits per heavy atom. The van der Waals surface area contributed by atoms with Gasteiger partial charge in [0.2, 0.25) is 0 Å². The van der Waals surface area contributed by atoms with Gasteiger partial charge < -0.3 is 5.32 Å². The molecule has 1 aromatic carbocycles. The van der Waals surface area contributed by atoms with Gasteiger partial charge in [0.25, 0.3) is 0 Å². The number of rotatable bonds is 6. The van der Waals surface area contributed by atoms with Crippen LogP contribution in [0.25, 0.3) is 0 Å². The molecule has 0 amide bonds. The second-order valence-corrected chi connectivity index (χ2v) is 6.85. The predicted octanol–water partition coefficient (Wildman–Crippen LogP) is 3.60. The molecule has 2 nitrogen and oxygen atoms in total. The van der Waals surface area contributed by atoms with Gasteiger partial charge in [-0.15, -0.1) is 0 Å². The first-order valence-corrected chi connectivity index (χ1v) is 8.84. The Labute approximate surface area is 129 Å². The molecule has 116 valence electrons. The maximum Gasteiger partial charge on any atom is 0.0239 e. The molecule has 0 spiro atoms. The molecule has 1 N–H and O–H groups in total. The SMILES string of the molecule is CNCCc1ccccc1CN1CCCC1C1CCCC1. The van der Waals surface area contributed by atoms with Crippen LogP contribution in [0.3, 0.4) is 0 Å². The molecule has 0 radical (unpaired) electrons. The molecule has 21 heavy (non-hydrogen) atoms. The van der Waals surface area contributed by atoms with Crippen molar-refractivity contribution in [3.8, 4) is 0 Å². The van der Waals surface area contributed by atoms with Crippen LogP contribution in [0, 0.1) is 5.92 Å². The van der Waals surface area contributed by atoms with Crippen LogP contribution in [0.5, 0.6) is 0 Å². The van der Waals surface area contributed by atoms with Crippen LogP contribution in [-0.2, 0) is 13.0 Å². The topological polar surface area (TPSA) is 15.3 Å². The van der Waals surface area contributed by atoms with E-state index in [2.05, 4.69) is 34.5 Å². The summed E-state index contributed by atoms with van der Waals surface area (Å²) in [7, 11) is 2.04. The summed E-state index contributed by atoms with van der Waals surface area (Å²) in [6.45, 7) is 3.55. The minimum Gasteiger partial charge on any atom is -0.319 e. The first-order valence-electron chi connectivity index (χ1n) is 8.84. The second kappa shape index (κ2) is 7.42. The van der Waals surface area contributed by atoms with Crippen LogP contribution >= 0.6 is 0 Å². The van der Waals surface area contributed by atoms with Gasteiger partial charge in [-0.25, -0.2) is 0 Å². The highest BCUT2D eigenvalue weighted by Crippen LogP contribution is 2.36. The Hall–Kier alpha value is -0.860. The number of likely N-dealkylation sites (tertiary alicyclic amines) is 1. The van der Waals surface area contributed by atoms with E-state index in [0.29, 0.717) is 0 Å². The van der Waals surface area contributed by atoms with E-state index in [1.807, 2.05) is 7.05 Å². The third-order valence-corrected chi connectivity index (χ3v) is 5.49. The standard InChI is InChI=1S/C19H30N2/c1-20-13-12-16-7-2-5-10-18(16)15-21-14-6-11-19(21)17-8-3-4-9-17/h2,5,7,10,17,19-20H,3-4,6,8-9,11-15H2,1H3. The van der Waals surface area contributed by atoms with E-state index in [0.717, 1.165) is 24.9 Å². The van der Waals surface area contributed by atoms with Crippen LogP contribution in [-0.4, -0.2) is 31.1 Å². The Balaban J connectivity index is 1.67. The van der Waals surface area contributed by atoms with E-state index in [1.165, 1.54) is 57.2 Å². The van der Waals surface area contributed by atoms with Crippen LogP contribution in [0.1, 0.15) is 49.7 Å². The Morgan fingerprint density at radius 3 is 2.57 bits per heavy atom. The number of likely N-dealkylation sites (N-methyl/N-ethyl adjacent to an activating group) is 1. The fourth-order valence-electron chi connectivity index (χ4n) is 4.36. The molecule has 2 fully saturated rings. The number of nitrogens with zero attached hydrogens (tertiary/aromatic N) is 1. The average molecular weight is 286 g/mol. The Morgan fingerprint density at radius 2 is 1.81 bits per heavy atom. The van der Waals surface area contributed by atoms with Crippen LogP contribution in [0.15, 0.2) is 24.3 Å². The van der Waals surface area contributed by atoms with Crippen molar-refractivity contribution < 1.29 is 0 Å². The molecule has 1 saturated carbocycles. The summed E-state index contributed by atoms with van der Waals surface area (Å²) in [5.41, 5.74) is 3.08. The summed E-state index contributed by atoms with van der Waals surface area (Å²) in [4.78, 5) is 2.79. The molecule has 1 aromatic rings. The zero-order valence-corrected chi connectivity index (χ0v) is 13.5. The predicted molar refractivity (Wildman–Crippen MR) is 89.5 cm³/mol. The fourth-order valence-corrected chi connectivity index (χ4v) is 4.36. The van der Waals surface area contributed by atoms with E-state index < -0.39 is 0 Å². The number of benzene rings is 1. The van der Waals surface area contributed by atoms with E-state index in [-0.39, 0.29) is 0 Å². The highest BCUT2D eigenvalue weighted by molar-refractivity contribution is 5.27. The van der Waals surface area contributed by atoms with Gasteiger partial charge in [0.15, 0.2) is 0 Å². The molecule has 1 atom stereocenters. The lowest BCUT2D eigenvalue weighted by atomic mass is 9.95. The van der Waals surface area contributed by atoms with Crippen molar-refractivity contribution in [2.24, 2.45) is 5.92 Å². The molecule has 2 heteroatoms. The monoisotopic (exact) mass is 286 g/mol. The van der Waals surface area contributed by atoms with Crippen molar-refractivity contribution >= 4 is 0 Å². The zero-order valence-electron chi connectivity index (χ0n) is 13.5. The summed E-state index contributed by atoms with van der Waals surface area (Å²) < 4.78 is 0. The van der Waals surface area contributed by atoms with E-state index in [4.69, 9.17) is 0 Å². The molecule has 1 saturated heterocycles. The normalized spacial score (nSPS) is 24.0. The highest BCUT2D eigenvalue weighted by Gasteiger charge is 2.33. The second-order valence-electron chi connectivity index (χ2n) is 6.85. The van der Waals surface area contributed by atoms with Gasteiger partial charge >= 0.3 is 0 Å². The molecule has 3 rings (SSSR count). The van der Waals surface area contributed by atoms with Gasteiger partial charge in [-0.1, -0.05) is 37.1 Å². The summed E-state index contributed by atoms with van der Waals surface area (Å²) in [5.74, 6) is 0.983. The van der Waals surface area contributed by atoms with Crippen molar-refractivity contribution in [3.63, 3.8) is 0 Å². The quantitative estimate of drug-likeness (QED) is 0.859. The van der Waals surface area contributed by atoms with Gasteiger partial charge in [-0.05, 0) is 69.3 Å². The molecule has 2 aliphatic rings. The van der Waals surface area contributed by atoms with E-state index in [1.54, 1.807) is 5.56 Å². The number of hydrogen-bond acceptors (Lipinski definition) is 2. The molecule has 0 bridgehead atoms. The van der Waals surface area contributed by atoms with E-state index in [9.17, 15) is 0 Å². The highest BCUT2D eigenvalue weighted by atomic mass is 15.2. The van der Waals surface area contributed by atoms with Crippen molar-refractivity contribution in [2.45, 2.75) is 57.5 Å². The smallest absolute Gasteiger partial charge is 0.0239 e. The molecule has 0 aromatic heterocycles. The lowest BCUT2D eigenvalue weighted by Crippen LogP contribution is -2.34. The minimum absolute atomic E-state index is 0.866. The molecule has 1 heterocycles. The van der Waals surface area contributed by atoms with Crippen molar-refractivity contribution in [1.82, 2.24) is 10.2 Å². The van der Waals surface area contributed by atoms with Crippen molar-refractivity contribution in [3.05, 3.63) is 35.4 Å². The molecule has 1 unspecified atom stereocenters. The van der Waals surface area contributed by atoms with Gasteiger partial charge in [0.05, 0.1) is 0 Å². The largest absolute Gasteiger partial charge is 0.319 e. The summed E-state index contributed by atoms with van der Waals surface area (Å²) >= 11 is 0. The summed E-state index contributed by atoms with van der Waals surface area (Å²) in [5, 5.41) is 3.28. The van der Waals surface area contributed by atoms with Crippen molar-refractivity contribution in [1.29, 1.82) is 0 Å². The van der Waals surface area contributed by atoms with Crippen LogP contribution < -0.4 is 5.32 Å². The number of hydrogen-bond donors (Lipinski definition) is 1.